The summed E-state index contributed by atoms with van der Waals surface area (Å²) < 4.78 is 62.4. The van der Waals surface area contributed by atoms with Gasteiger partial charge in [-0.25, -0.2) is 18.2 Å². The molecule has 0 aromatic carbocycles. The fourth-order valence-electron chi connectivity index (χ4n) is 2.11. The van der Waals surface area contributed by atoms with Crippen LogP contribution in [0.5, 0.6) is 0 Å². The van der Waals surface area contributed by atoms with E-state index in [0.29, 0.717) is 6.07 Å². The number of pyridine rings is 2. The molecule has 0 aliphatic carbocycles. The van der Waals surface area contributed by atoms with Crippen LogP contribution in [0.2, 0.25) is 5.15 Å². The molecule has 12 heteroatoms. The van der Waals surface area contributed by atoms with Crippen molar-refractivity contribution < 1.29 is 31.5 Å². The first-order valence-corrected chi connectivity index (χ1v) is 9.41. The summed E-state index contributed by atoms with van der Waals surface area (Å²) in [6.45, 7) is 1.10. The van der Waals surface area contributed by atoms with Crippen LogP contribution in [0, 0.1) is 0 Å². The largest absolute Gasteiger partial charge is 0.478 e. The van der Waals surface area contributed by atoms with Gasteiger partial charge in [-0.3, -0.25) is 4.98 Å². The number of nitrogens with one attached hydrogen (secondary N) is 1. The molecule has 0 saturated heterocycles. The van der Waals surface area contributed by atoms with Gasteiger partial charge in [-0.15, -0.1) is 0 Å². The Balaban J connectivity index is 2.40. The predicted molar refractivity (Wildman–Crippen MR) is 90.5 cm³/mol. The Hall–Kier alpha value is -2.40. The van der Waals surface area contributed by atoms with E-state index in [2.05, 4.69) is 15.3 Å². The zero-order valence-electron chi connectivity index (χ0n) is 13.7. The van der Waals surface area contributed by atoms with E-state index in [1.54, 1.807) is 0 Å². The van der Waals surface area contributed by atoms with Crippen molar-refractivity contribution in [1.82, 2.24) is 9.97 Å². The van der Waals surface area contributed by atoms with Crippen LogP contribution in [0.3, 0.4) is 0 Å². The van der Waals surface area contributed by atoms with Crippen LogP contribution in [-0.2, 0) is 22.6 Å². The third-order valence-corrected chi connectivity index (χ3v) is 5.46. The summed E-state index contributed by atoms with van der Waals surface area (Å²) in [5.74, 6) is -1.94. The van der Waals surface area contributed by atoms with Crippen molar-refractivity contribution in [3.05, 3.63) is 46.4 Å². The average molecular weight is 424 g/mol. The number of carboxylic acids is 1. The molecule has 0 atom stereocenters. The van der Waals surface area contributed by atoms with Gasteiger partial charge in [0.25, 0.3) is 0 Å². The second-order valence-corrected chi connectivity index (χ2v) is 7.90. The third-order valence-electron chi connectivity index (χ3n) is 3.49. The highest BCUT2D eigenvalue weighted by molar-refractivity contribution is 7.91. The molecular weight excluding hydrogens is 411 g/mol. The summed E-state index contributed by atoms with van der Waals surface area (Å²) >= 11 is 5.77. The lowest BCUT2D eigenvalue weighted by Crippen LogP contribution is -2.15. The lowest BCUT2D eigenvalue weighted by molar-refractivity contribution is -0.141. The molecule has 2 rings (SSSR count). The number of aromatic carboxylic acids is 1. The van der Waals surface area contributed by atoms with Crippen molar-refractivity contribution in [2.24, 2.45) is 0 Å². The molecular formula is C15H13ClF3N3O4S. The van der Waals surface area contributed by atoms with E-state index in [1.165, 1.54) is 19.1 Å². The molecule has 146 valence electrons. The Bertz CT molecular complexity index is 981. The molecule has 0 saturated carbocycles. The molecule has 0 spiro atoms. The van der Waals surface area contributed by atoms with Crippen molar-refractivity contribution in [3.8, 4) is 0 Å². The van der Waals surface area contributed by atoms with Crippen LogP contribution in [0.25, 0.3) is 0 Å². The highest BCUT2D eigenvalue weighted by Crippen LogP contribution is 2.29. The van der Waals surface area contributed by atoms with Crippen molar-refractivity contribution in [2.75, 3.05) is 11.1 Å². The molecule has 2 aromatic heterocycles. The van der Waals surface area contributed by atoms with E-state index in [-0.39, 0.29) is 33.7 Å². The monoisotopic (exact) mass is 423 g/mol. The molecule has 2 N–H and O–H groups in total. The third kappa shape index (κ3) is 4.86. The van der Waals surface area contributed by atoms with Gasteiger partial charge in [-0.1, -0.05) is 18.5 Å². The number of carboxylic acid groups (broad SMARTS) is 1. The van der Waals surface area contributed by atoms with Crippen LogP contribution >= 0.6 is 11.6 Å². The van der Waals surface area contributed by atoms with E-state index in [9.17, 15) is 26.4 Å². The number of sulfone groups is 1. The van der Waals surface area contributed by atoms with Crippen molar-refractivity contribution in [2.45, 2.75) is 24.5 Å². The topological polar surface area (TPSA) is 109 Å². The minimum Gasteiger partial charge on any atom is -0.478 e. The fourth-order valence-corrected chi connectivity index (χ4v) is 3.26. The Morgan fingerprint density at radius 3 is 2.56 bits per heavy atom. The summed E-state index contributed by atoms with van der Waals surface area (Å²) in [6, 6.07) is 2.92. The smallest absolute Gasteiger partial charge is 0.433 e. The van der Waals surface area contributed by atoms with Crippen LogP contribution in [-0.4, -0.2) is 35.2 Å². The zero-order chi connectivity index (χ0) is 20.4. The van der Waals surface area contributed by atoms with Crippen molar-refractivity contribution in [3.63, 3.8) is 0 Å². The standard InChI is InChI=1S/C15H13ClF3N3O4S/c1-2-27(25,26)10-3-4-12(16)22-13(10)21-7-8-6-20-11(15(17,18)19)5-9(8)14(23)24/h3-6H,2,7H2,1H3,(H,21,22)(H,23,24). The average Bonchev–Trinajstić information content (AvgIpc) is 2.58. The van der Waals surface area contributed by atoms with Crippen molar-refractivity contribution >= 4 is 33.2 Å². The summed E-state index contributed by atoms with van der Waals surface area (Å²) in [6.07, 6.45) is -4.04. The Morgan fingerprint density at radius 1 is 1.33 bits per heavy atom. The number of rotatable bonds is 6. The van der Waals surface area contributed by atoms with E-state index < -0.39 is 33.2 Å². The van der Waals surface area contributed by atoms with Gasteiger partial charge in [0.05, 0.1) is 11.3 Å². The number of aromatic nitrogens is 2. The number of nitrogens with zero attached hydrogens (tertiary/aromatic N) is 2. The van der Waals surface area contributed by atoms with Gasteiger partial charge in [0, 0.05) is 18.3 Å². The molecule has 27 heavy (non-hydrogen) atoms. The van der Waals surface area contributed by atoms with Crippen LogP contribution in [0.1, 0.15) is 28.5 Å². The van der Waals surface area contributed by atoms with Crippen LogP contribution in [0.4, 0.5) is 19.0 Å². The van der Waals surface area contributed by atoms with Gasteiger partial charge in [0.1, 0.15) is 21.6 Å². The summed E-state index contributed by atoms with van der Waals surface area (Å²) in [5, 5.41) is 11.8. The minimum absolute atomic E-state index is 0.0171. The summed E-state index contributed by atoms with van der Waals surface area (Å²) in [4.78, 5) is 18.2. The lowest BCUT2D eigenvalue weighted by atomic mass is 10.1. The maximum absolute atomic E-state index is 12.7. The maximum atomic E-state index is 12.7. The van der Waals surface area contributed by atoms with Gasteiger partial charge in [-0.2, -0.15) is 13.2 Å². The second-order valence-electron chi connectivity index (χ2n) is 5.27. The number of anilines is 1. The number of halogens is 4. The second kappa shape index (κ2) is 7.69. The maximum Gasteiger partial charge on any atom is 0.433 e. The molecule has 0 bridgehead atoms. The van der Waals surface area contributed by atoms with Gasteiger partial charge >= 0.3 is 12.1 Å². The Kier molecular flexibility index (Phi) is 5.95. The SMILES string of the molecule is CCS(=O)(=O)c1ccc(Cl)nc1NCc1cnc(C(F)(F)F)cc1C(=O)O. The van der Waals surface area contributed by atoms with Gasteiger partial charge in [0.15, 0.2) is 9.84 Å². The summed E-state index contributed by atoms with van der Waals surface area (Å²) in [5.41, 5.74) is -2.05. The quantitative estimate of drug-likeness (QED) is 0.686. The lowest BCUT2D eigenvalue weighted by Gasteiger charge is -2.13. The first-order valence-electron chi connectivity index (χ1n) is 7.38. The molecule has 0 unspecified atom stereocenters. The number of hydrogen-bond donors (Lipinski definition) is 2. The highest BCUT2D eigenvalue weighted by atomic mass is 35.5. The molecule has 7 nitrogen and oxygen atoms in total. The Labute approximate surface area is 157 Å². The first kappa shape index (κ1) is 20.9. The molecule has 2 heterocycles. The minimum atomic E-state index is -4.80. The van der Waals surface area contributed by atoms with E-state index in [1.807, 2.05) is 0 Å². The van der Waals surface area contributed by atoms with Crippen LogP contribution in [0.15, 0.2) is 29.3 Å². The Morgan fingerprint density at radius 2 is 2.00 bits per heavy atom. The van der Waals surface area contributed by atoms with Gasteiger partial charge in [-0.05, 0) is 18.2 Å². The number of alkyl halides is 3. The van der Waals surface area contributed by atoms with E-state index in [4.69, 9.17) is 16.7 Å². The highest BCUT2D eigenvalue weighted by Gasteiger charge is 2.33. The van der Waals surface area contributed by atoms with Crippen LogP contribution < -0.4 is 5.32 Å². The molecule has 0 aliphatic heterocycles. The number of carbonyl (C=O) groups is 1. The fraction of sp³-hybridized carbons (Fsp3) is 0.267. The molecule has 0 amide bonds. The normalized spacial score (nSPS) is 12.0. The molecule has 2 aromatic rings. The zero-order valence-corrected chi connectivity index (χ0v) is 15.3. The van der Waals surface area contributed by atoms with Crippen molar-refractivity contribution in [1.29, 1.82) is 0 Å². The molecule has 0 fully saturated rings. The van der Waals surface area contributed by atoms with Gasteiger partial charge < -0.3 is 10.4 Å². The first-order chi connectivity index (χ1) is 12.5. The summed E-state index contributed by atoms with van der Waals surface area (Å²) in [7, 11) is -3.67. The molecule has 0 radical (unpaired) electrons. The van der Waals surface area contributed by atoms with E-state index >= 15 is 0 Å². The van der Waals surface area contributed by atoms with Gasteiger partial charge in [0.2, 0.25) is 0 Å². The van der Waals surface area contributed by atoms with E-state index in [0.717, 1.165) is 6.20 Å². The predicted octanol–water partition coefficient (Wildman–Crippen LogP) is 3.25. The number of hydrogen-bond acceptors (Lipinski definition) is 6. The molecule has 0 aliphatic rings.